The van der Waals surface area contributed by atoms with Crippen LogP contribution >= 0.6 is 11.6 Å². The third kappa shape index (κ3) is 2.54. The highest BCUT2D eigenvalue weighted by atomic mass is 35.5. The molecule has 0 radical (unpaired) electrons. The van der Waals surface area contributed by atoms with E-state index in [4.69, 9.17) is 11.6 Å². The molecule has 0 N–H and O–H groups in total. The number of benzene rings is 2. The topological polar surface area (TPSA) is 20.3 Å². The number of carbonyl (C=O) groups is 1. The van der Waals surface area contributed by atoms with Gasteiger partial charge < -0.3 is 0 Å². The Balaban J connectivity index is 2.51. The van der Waals surface area contributed by atoms with Gasteiger partial charge in [0.15, 0.2) is 0 Å². The van der Waals surface area contributed by atoms with Crippen LogP contribution in [0.4, 0.5) is 11.4 Å². The molecule has 0 heterocycles. The van der Waals surface area contributed by atoms with Crippen molar-refractivity contribution in [3.05, 3.63) is 59.6 Å². The Morgan fingerprint density at radius 2 is 1.67 bits per heavy atom. The Morgan fingerprint density at radius 1 is 1.06 bits per heavy atom. The number of amides is 1. The molecule has 0 fully saturated rings. The van der Waals surface area contributed by atoms with Crippen LogP contribution in [-0.2, 0) is 4.79 Å². The first kappa shape index (κ1) is 12.7. The van der Waals surface area contributed by atoms with Gasteiger partial charge >= 0.3 is 0 Å². The summed E-state index contributed by atoms with van der Waals surface area (Å²) in [4.78, 5) is 13.8. The molecule has 0 spiro atoms. The zero-order chi connectivity index (χ0) is 13.0. The minimum absolute atomic E-state index is 0.0225. The lowest BCUT2D eigenvalue weighted by molar-refractivity contribution is -0.117. The van der Waals surface area contributed by atoms with Crippen LogP contribution < -0.4 is 4.90 Å². The fourth-order valence-corrected chi connectivity index (χ4v) is 2.01. The average molecular weight is 260 g/mol. The second-order valence-electron chi connectivity index (χ2n) is 3.87. The van der Waals surface area contributed by atoms with Crippen molar-refractivity contribution in [1.82, 2.24) is 0 Å². The van der Waals surface area contributed by atoms with Crippen molar-refractivity contribution in [1.29, 1.82) is 0 Å². The first-order valence-electron chi connectivity index (χ1n) is 5.86. The van der Waals surface area contributed by atoms with Crippen LogP contribution in [0.3, 0.4) is 0 Å². The molecule has 1 amide bonds. The average Bonchev–Trinajstić information content (AvgIpc) is 2.42. The minimum atomic E-state index is 0.0225. The van der Waals surface area contributed by atoms with Crippen molar-refractivity contribution in [2.75, 3.05) is 4.90 Å². The van der Waals surface area contributed by atoms with Crippen LogP contribution in [0.1, 0.15) is 13.3 Å². The highest BCUT2D eigenvalue weighted by Crippen LogP contribution is 2.32. The summed E-state index contributed by atoms with van der Waals surface area (Å²) in [6, 6.07) is 16.9. The summed E-state index contributed by atoms with van der Waals surface area (Å²) in [5.41, 5.74) is 1.55. The van der Waals surface area contributed by atoms with Crippen molar-refractivity contribution in [3.8, 4) is 0 Å². The van der Waals surface area contributed by atoms with Crippen molar-refractivity contribution in [2.24, 2.45) is 0 Å². The van der Waals surface area contributed by atoms with Crippen LogP contribution in [0.2, 0.25) is 5.02 Å². The zero-order valence-corrected chi connectivity index (χ0v) is 10.9. The molecule has 2 nitrogen and oxygen atoms in total. The summed E-state index contributed by atoms with van der Waals surface area (Å²) < 4.78 is 0. The van der Waals surface area contributed by atoms with E-state index in [1.54, 1.807) is 11.0 Å². The number of para-hydroxylation sites is 2. The fraction of sp³-hybridized carbons (Fsp3) is 0.133. The van der Waals surface area contributed by atoms with Gasteiger partial charge in [0.1, 0.15) is 0 Å². The number of halogens is 1. The van der Waals surface area contributed by atoms with Gasteiger partial charge in [-0.05, 0) is 24.3 Å². The predicted octanol–water partition coefficient (Wildman–Crippen LogP) is 4.41. The lowest BCUT2D eigenvalue weighted by Crippen LogP contribution is -2.25. The van der Waals surface area contributed by atoms with E-state index < -0.39 is 0 Å². The molecule has 0 aliphatic heterocycles. The molecule has 0 saturated heterocycles. The zero-order valence-electron chi connectivity index (χ0n) is 10.1. The summed E-state index contributed by atoms with van der Waals surface area (Å²) in [7, 11) is 0. The van der Waals surface area contributed by atoms with Gasteiger partial charge in [-0.1, -0.05) is 48.9 Å². The molecule has 2 rings (SSSR count). The maximum Gasteiger partial charge on any atom is 0.231 e. The molecule has 0 aliphatic carbocycles. The Labute approximate surface area is 112 Å². The van der Waals surface area contributed by atoms with E-state index in [2.05, 4.69) is 0 Å². The molecular weight excluding hydrogens is 246 g/mol. The minimum Gasteiger partial charge on any atom is -0.280 e. The van der Waals surface area contributed by atoms with E-state index in [-0.39, 0.29) is 5.91 Å². The molecule has 3 heteroatoms. The second-order valence-corrected chi connectivity index (χ2v) is 4.28. The normalized spacial score (nSPS) is 10.1. The van der Waals surface area contributed by atoms with Crippen LogP contribution in [0, 0.1) is 0 Å². The molecule has 0 bridgehead atoms. The number of hydrogen-bond donors (Lipinski definition) is 0. The Morgan fingerprint density at radius 3 is 2.28 bits per heavy atom. The van der Waals surface area contributed by atoms with Crippen LogP contribution in [0.15, 0.2) is 54.6 Å². The van der Waals surface area contributed by atoms with Gasteiger partial charge in [-0.25, -0.2) is 0 Å². The summed E-state index contributed by atoms with van der Waals surface area (Å²) in [5, 5.41) is 0.572. The maximum absolute atomic E-state index is 12.1. The van der Waals surface area contributed by atoms with Gasteiger partial charge in [0.2, 0.25) is 5.91 Å². The highest BCUT2D eigenvalue weighted by molar-refractivity contribution is 6.34. The molecule has 0 aromatic heterocycles. The Kier molecular flexibility index (Phi) is 4.00. The van der Waals surface area contributed by atoms with Gasteiger partial charge in [-0.2, -0.15) is 0 Å². The number of carbonyl (C=O) groups excluding carboxylic acids is 1. The first-order chi connectivity index (χ1) is 8.74. The third-order valence-corrected chi connectivity index (χ3v) is 2.98. The van der Waals surface area contributed by atoms with E-state index in [1.807, 2.05) is 55.5 Å². The van der Waals surface area contributed by atoms with Crippen LogP contribution in [0.25, 0.3) is 0 Å². The van der Waals surface area contributed by atoms with E-state index in [1.165, 1.54) is 0 Å². The van der Waals surface area contributed by atoms with Gasteiger partial charge in [-0.3, -0.25) is 9.69 Å². The number of nitrogens with zero attached hydrogens (tertiary/aromatic N) is 1. The summed E-state index contributed by atoms with van der Waals surface area (Å²) in [5.74, 6) is 0.0225. The van der Waals surface area contributed by atoms with Gasteiger partial charge in [0.05, 0.1) is 10.7 Å². The molecule has 0 aliphatic rings. The predicted molar refractivity (Wildman–Crippen MR) is 75.3 cm³/mol. The highest BCUT2D eigenvalue weighted by Gasteiger charge is 2.18. The van der Waals surface area contributed by atoms with Crippen LogP contribution in [0.5, 0.6) is 0 Å². The summed E-state index contributed by atoms with van der Waals surface area (Å²) >= 11 is 6.18. The quantitative estimate of drug-likeness (QED) is 0.799. The monoisotopic (exact) mass is 259 g/mol. The second kappa shape index (κ2) is 5.69. The first-order valence-corrected chi connectivity index (χ1v) is 6.24. The van der Waals surface area contributed by atoms with Crippen molar-refractivity contribution >= 4 is 28.9 Å². The Bertz CT molecular complexity index is 539. The summed E-state index contributed by atoms with van der Waals surface area (Å²) in [6.45, 7) is 1.84. The Hall–Kier alpha value is -1.80. The van der Waals surface area contributed by atoms with Crippen molar-refractivity contribution in [3.63, 3.8) is 0 Å². The largest absolute Gasteiger partial charge is 0.280 e. The van der Waals surface area contributed by atoms with Crippen LogP contribution in [-0.4, -0.2) is 5.91 Å². The van der Waals surface area contributed by atoms with E-state index >= 15 is 0 Å². The molecule has 92 valence electrons. The van der Waals surface area contributed by atoms with Crippen molar-refractivity contribution < 1.29 is 4.79 Å². The lowest BCUT2D eigenvalue weighted by Gasteiger charge is -2.23. The molecule has 0 saturated carbocycles. The molecule has 0 unspecified atom stereocenters. The number of anilines is 2. The maximum atomic E-state index is 12.1. The van der Waals surface area contributed by atoms with E-state index in [0.717, 1.165) is 11.4 Å². The number of rotatable bonds is 3. The number of hydrogen-bond acceptors (Lipinski definition) is 1. The summed E-state index contributed by atoms with van der Waals surface area (Å²) in [6.07, 6.45) is 0.431. The molecule has 2 aromatic rings. The van der Waals surface area contributed by atoms with Gasteiger partial charge in [0, 0.05) is 12.1 Å². The van der Waals surface area contributed by atoms with E-state index in [9.17, 15) is 4.79 Å². The molecule has 2 aromatic carbocycles. The van der Waals surface area contributed by atoms with Crippen molar-refractivity contribution in [2.45, 2.75) is 13.3 Å². The van der Waals surface area contributed by atoms with Gasteiger partial charge in [0.25, 0.3) is 0 Å². The fourth-order valence-electron chi connectivity index (χ4n) is 1.79. The molecule has 0 atom stereocenters. The standard InChI is InChI=1S/C15H14ClNO/c1-2-15(18)17(12-8-4-3-5-9-12)14-11-7-6-10-13(14)16/h3-11H,2H2,1H3. The SMILES string of the molecule is CCC(=O)N(c1ccccc1)c1ccccc1Cl. The van der Waals surface area contributed by atoms with Gasteiger partial charge in [-0.15, -0.1) is 0 Å². The lowest BCUT2D eigenvalue weighted by atomic mass is 10.2. The third-order valence-electron chi connectivity index (χ3n) is 2.66. The smallest absolute Gasteiger partial charge is 0.231 e. The van der Waals surface area contributed by atoms with E-state index in [0.29, 0.717) is 11.4 Å². The molecule has 18 heavy (non-hydrogen) atoms. The molecular formula is C15H14ClNO.